The van der Waals surface area contributed by atoms with E-state index < -0.39 is 29.3 Å². The minimum atomic E-state index is -2.68. The van der Waals surface area contributed by atoms with Crippen LogP contribution in [0.2, 0.25) is 5.02 Å². The first kappa shape index (κ1) is 25.8. The molecule has 2 heterocycles. The number of carbonyl (C=O) groups excluding carboxylic acids is 3. The van der Waals surface area contributed by atoms with Crippen molar-refractivity contribution in [1.29, 1.82) is 0 Å². The number of alkyl halides is 1. The number of likely N-dealkylation sites (tertiary alicyclic amines) is 1. The van der Waals surface area contributed by atoms with E-state index in [0.29, 0.717) is 23.4 Å². The molecule has 0 spiro atoms. The van der Waals surface area contributed by atoms with Crippen molar-refractivity contribution < 1.29 is 23.2 Å². The van der Waals surface area contributed by atoms with E-state index in [2.05, 4.69) is 10.4 Å². The number of amides is 3. The zero-order valence-electron chi connectivity index (χ0n) is 20.5. The van der Waals surface area contributed by atoms with Crippen LogP contribution in [0.15, 0.2) is 42.5 Å². The largest absolute Gasteiger partial charge is 0.364 e. The average Bonchev–Trinajstić information content (AvgIpc) is 3.48. The number of benzene rings is 2. The van der Waals surface area contributed by atoms with Gasteiger partial charge >= 0.3 is 0 Å². The molecule has 0 saturated carbocycles. The number of hydrogen-bond acceptors (Lipinski definition) is 4. The molecule has 3 aromatic rings. The van der Waals surface area contributed by atoms with Crippen LogP contribution < -0.4 is 11.1 Å². The van der Waals surface area contributed by atoms with Crippen LogP contribution in [0.25, 0.3) is 11.1 Å². The normalized spacial score (nSPS) is 18.8. The molecule has 2 aliphatic rings. The summed E-state index contributed by atoms with van der Waals surface area (Å²) in [6, 6.07) is 11.0. The predicted octanol–water partition coefficient (Wildman–Crippen LogP) is 4.25. The van der Waals surface area contributed by atoms with E-state index >= 15 is 8.78 Å². The third-order valence-corrected chi connectivity index (χ3v) is 7.48. The Bertz CT molecular complexity index is 1440. The van der Waals surface area contributed by atoms with Gasteiger partial charge in [-0.05, 0) is 44.2 Å². The monoisotopic (exact) mass is 541 g/mol. The highest BCUT2D eigenvalue weighted by molar-refractivity contribution is 6.33. The average molecular weight is 542 g/mol. The van der Waals surface area contributed by atoms with Gasteiger partial charge in [0.25, 0.3) is 17.6 Å². The Hall–Kier alpha value is -3.79. The smallest absolute Gasteiger partial charge is 0.283 e. The standard InChI is InChI=1S/C27H26ClF2N5O3/c28-19-10-3-1-7-16(19)17-9-5-11-20(23(17)29)32-26(38)27(30)13-6-14-34(27)22(36)15-35-21-12-4-2-8-18(21)24(33-35)25(31)37/h1,3,5,7,9-11H,2,4,6,8,12-15H2,(H2,31,37)(H,32,38)/t27-/m1/s1. The van der Waals surface area contributed by atoms with E-state index in [1.807, 2.05) is 0 Å². The number of rotatable bonds is 6. The summed E-state index contributed by atoms with van der Waals surface area (Å²) in [6.07, 6.45) is 3.00. The number of nitrogens with zero attached hydrogens (tertiary/aromatic N) is 3. The van der Waals surface area contributed by atoms with Gasteiger partial charge < -0.3 is 16.0 Å². The number of aromatic nitrogens is 2. The van der Waals surface area contributed by atoms with Crippen molar-refractivity contribution in [1.82, 2.24) is 14.7 Å². The van der Waals surface area contributed by atoms with Crippen LogP contribution in [0.4, 0.5) is 14.5 Å². The van der Waals surface area contributed by atoms with Crippen molar-refractivity contribution in [2.24, 2.45) is 5.73 Å². The summed E-state index contributed by atoms with van der Waals surface area (Å²) in [4.78, 5) is 39.1. The lowest BCUT2D eigenvalue weighted by molar-refractivity contribution is -0.153. The van der Waals surface area contributed by atoms with Gasteiger partial charge in [-0.2, -0.15) is 5.10 Å². The summed E-state index contributed by atoms with van der Waals surface area (Å²) in [5.74, 6) is -5.94. The van der Waals surface area contributed by atoms with Crippen LogP contribution in [0.5, 0.6) is 0 Å². The molecule has 1 aromatic heterocycles. The van der Waals surface area contributed by atoms with Crippen molar-refractivity contribution in [3.63, 3.8) is 0 Å². The van der Waals surface area contributed by atoms with E-state index in [-0.39, 0.29) is 42.9 Å². The van der Waals surface area contributed by atoms with E-state index in [0.717, 1.165) is 29.0 Å². The Morgan fingerprint density at radius 1 is 1.05 bits per heavy atom. The Kier molecular flexibility index (Phi) is 6.92. The first-order chi connectivity index (χ1) is 18.2. The topological polar surface area (TPSA) is 110 Å². The lowest BCUT2D eigenvalue weighted by Gasteiger charge is -2.30. The second-order valence-corrected chi connectivity index (χ2v) is 9.92. The van der Waals surface area contributed by atoms with Gasteiger partial charge in [0.05, 0.1) is 5.69 Å². The number of nitrogens with two attached hydrogens (primary N) is 1. The summed E-state index contributed by atoms with van der Waals surface area (Å²) in [5.41, 5.74) is 7.38. The summed E-state index contributed by atoms with van der Waals surface area (Å²) in [6.45, 7) is -0.331. The highest BCUT2D eigenvalue weighted by Gasteiger charge is 2.51. The fourth-order valence-corrected chi connectivity index (χ4v) is 5.53. The lowest BCUT2D eigenvalue weighted by Crippen LogP contribution is -2.53. The van der Waals surface area contributed by atoms with Gasteiger partial charge in [0, 0.05) is 40.4 Å². The Morgan fingerprint density at radius 3 is 2.55 bits per heavy atom. The summed E-state index contributed by atoms with van der Waals surface area (Å²) in [5, 5.41) is 6.89. The zero-order valence-corrected chi connectivity index (χ0v) is 21.2. The molecule has 0 bridgehead atoms. The number of hydrogen-bond donors (Lipinski definition) is 2. The van der Waals surface area contributed by atoms with E-state index in [4.69, 9.17) is 17.3 Å². The van der Waals surface area contributed by atoms with E-state index in [9.17, 15) is 14.4 Å². The minimum absolute atomic E-state index is 0.0109. The molecule has 1 saturated heterocycles. The molecule has 11 heteroatoms. The highest BCUT2D eigenvalue weighted by Crippen LogP contribution is 2.36. The molecule has 3 amide bonds. The molecule has 1 atom stereocenters. The van der Waals surface area contributed by atoms with E-state index in [1.54, 1.807) is 24.3 Å². The maximum Gasteiger partial charge on any atom is 0.283 e. The SMILES string of the molecule is NC(=O)c1nn(CC(=O)N2CCC[C@]2(F)C(=O)Nc2cccc(-c3ccccc3Cl)c2F)c2c1CCCC2. The highest BCUT2D eigenvalue weighted by atomic mass is 35.5. The van der Waals surface area contributed by atoms with Crippen LogP contribution in [-0.2, 0) is 29.0 Å². The molecular formula is C27H26ClF2N5O3. The second-order valence-electron chi connectivity index (χ2n) is 9.51. The molecule has 1 aliphatic carbocycles. The van der Waals surface area contributed by atoms with E-state index in [1.165, 1.54) is 22.9 Å². The van der Waals surface area contributed by atoms with Crippen molar-refractivity contribution in [2.75, 3.05) is 11.9 Å². The fourth-order valence-electron chi connectivity index (χ4n) is 5.29. The third-order valence-electron chi connectivity index (χ3n) is 7.15. The number of nitrogens with one attached hydrogen (secondary N) is 1. The second kappa shape index (κ2) is 10.2. The number of primary amides is 1. The number of fused-ring (bicyclic) bond motifs is 1. The summed E-state index contributed by atoms with van der Waals surface area (Å²) >= 11 is 6.21. The molecule has 0 unspecified atom stereocenters. The van der Waals surface area contributed by atoms with Crippen molar-refractivity contribution >= 4 is 35.0 Å². The molecule has 2 aromatic carbocycles. The van der Waals surface area contributed by atoms with Gasteiger partial charge in [-0.1, -0.05) is 41.9 Å². The first-order valence-electron chi connectivity index (χ1n) is 12.4. The zero-order chi connectivity index (χ0) is 27.0. The fraction of sp³-hybridized carbons (Fsp3) is 0.333. The van der Waals surface area contributed by atoms with Crippen molar-refractivity contribution in [2.45, 2.75) is 50.9 Å². The van der Waals surface area contributed by atoms with Gasteiger partial charge in [-0.15, -0.1) is 0 Å². The molecule has 8 nitrogen and oxygen atoms in total. The van der Waals surface area contributed by atoms with Gasteiger partial charge in [-0.3, -0.25) is 19.1 Å². The summed E-state index contributed by atoms with van der Waals surface area (Å²) < 4.78 is 32.9. The molecular weight excluding hydrogens is 516 g/mol. The minimum Gasteiger partial charge on any atom is -0.364 e. The Balaban J connectivity index is 1.37. The first-order valence-corrected chi connectivity index (χ1v) is 12.8. The van der Waals surface area contributed by atoms with Crippen LogP contribution >= 0.6 is 11.6 Å². The molecule has 198 valence electrons. The third kappa shape index (κ3) is 4.53. The lowest BCUT2D eigenvalue weighted by atomic mass is 9.95. The van der Waals surface area contributed by atoms with Gasteiger partial charge in [0.2, 0.25) is 5.91 Å². The maximum atomic E-state index is 16.1. The Morgan fingerprint density at radius 2 is 1.79 bits per heavy atom. The Labute approximate surface area is 222 Å². The van der Waals surface area contributed by atoms with Crippen LogP contribution in [0, 0.1) is 5.82 Å². The number of halogens is 3. The maximum absolute atomic E-state index is 16.1. The molecule has 5 rings (SSSR count). The van der Waals surface area contributed by atoms with Gasteiger partial charge in [0.15, 0.2) is 11.5 Å². The van der Waals surface area contributed by atoms with Gasteiger partial charge in [-0.25, -0.2) is 8.78 Å². The molecule has 1 fully saturated rings. The molecule has 1 aliphatic heterocycles. The van der Waals surface area contributed by atoms with Crippen LogP contribution in [-0.4, -0.2) is 44.7 Å². The van der Waals surface area contributed by atoms with Gasteiger partial charge in [0.1, 0.15) is 6.54 Å². The number of anilines is 1. The predicted molar refractivity (Wildman–Crippen MR) is 138 cm³/mol. The quantitative estimate of drug-likeness (QED) is 0.455. The van der Waals surface area contributed by atoms with Crippen molar-refractivity contribution in [3.05, 3.63) is 70.3 Å². The van der Waals surface area contributed by atoms with Crippen molar-refractivity contribution in [3.8, 4) is 11.1 Å². The summed E-state index contributed by atoms with van der Waals surface area (Å²) in [7, 11) is 0. The van der Waals surface area contributed by atoms with Crippen LogP contribution in [0.1, 0.15) is 47.4 Å². The molecule has 3 N–H and O–H groups in total. The molecule has 38 heavy (non-hydrogen) atoms. The molecule has 0 radical (unpaired) electrons. The number of carbonyl (C=O) groups is 3. The van der Waals surface area contributed by atoms with Crippen LogP contribution in [0.3, 0.4) is 0 Å².